The van der Waals surface area contributed by atoms with Gasteiger partial charge in [0, 0.05) is 0 Å². The van der Waals surface area contributed by atoms with Crippen molar-refractivity contribution in [2.24, 2.45) is 5.73 Å². The van der Waals surface area contributed by atoms with E-state index in [0.717, 1.165) is 0 Å². The highest BCUT2D eigenvalue weighted by Crippen LogP contribution is 2.31. The molecule has 0 radical (unpaired) electrons. The first-order valence-electron chi connectivity index (χ1n) is 4.81. The lowest BCUT2D eigenvalue weighted by atomic mass is 9.93. The Morgan fingerprint density at radius 1 is 1.18 bits per heavy atom. The summed E-state index contributed by atoms with van der Waals surface area (Å²) in [5.41, 5.74) is 7.11. The first-order chi connectivity index (χ1) is 7.25. The van der Waals surface area contributed by atoms with E-state index in [9.17, 15) is 13.2 Å². The van der Waals surface area contributed by atoms with Crippen molar-refractivity contribution in [3.63, 3.8) is 0 Å². The molecule has 3 N–H and O–H groups in total. The summed E-state index contributed by atoms with van der Waals surface area (Å²) < 4.78 is 37.0. The molecule has 0 heterocycles. The average molecular weight is 270 g/mol. The molecule has 1 aromatic rings. The molecule has 2 nitrogen and oxygen atoms in total. The van der Waals surface area contributed by atoms with E-state index in [-0.39, 0.29) is 12.4 Å². The van der Waals surface area contributed by atoms with Gasteiger partial charge in [-0.15, -0.1) is 12.4 Å². The maximum atomic E-state index is 12.3. The molecule has 1 aromatic carbocycles. The Morgan fingerprint density at radius 2 is 1.59 bits per heavy atom. The maximum absolute atomic E-state index is 12.3. The van der Waals surface area contributed by atoms with Gasteiger partial charge in [-0.05, 0) is 30.5 Å². The van der Waals surface area contributed by atoms with Gasteiger partial charge in [-0.2, -0.15) is 13.2 Å². The molecule has 0 aromatic heterocycles. The van der Waals surface area contributed by atoms with Crippen LogP contribution in [0.5, 0.6) is 0 Å². The van der Waals surface area contributed by atoms with Crippen molar-refractivity contribution < 1.29 is 18.3 Å². The minimum Gasteiger partial charge on any atom is -0.382 e. The fourth-order valence-corrected chi connectivity index (χ4v) is 1.71. The molecule has 0 aliphatic rings. The molecule has 0 saturated carbocycles. The van der Waals surface area contributed by atoms with Crippen LogP contribution in [0.25, 0.3) is 0 Å². The number of rotatable bonds is 2. The van der Waals surface area contributed by atoms with E-state index >= 15 is 0 Å². The highest BCUT2D eigenvalue weighted by Gasteiger charge is 2.43. The fraction of sp³-hybridized carbons (Fsp3) is 0.455. The zero-order valence-electron chi connectivity index (χ0n) is 9.45. The Labute approximate surface area is 104 Å². The SMILES string of the molecule is Cc1cccc(C)c1[C@@H](N)[C@@H](O)C(F)(F)F.Cl. The predicted octanol–water partition coefficient (Wildman–Crippen LogP) is 2.65. The van der Waals surface area contributed by atoms with E-state index in [0.29, 0.717) is 16.7 Å². The molecule has 0 amide bonds. The van der Waals surface area contributed by atoms with Crippen LogP contribution in [0.15, 0.2) is 18.2 Å². The van der Waals surface area contributed by atoms with Crippen LogP contribution < -0.4 is 5.73 Å². The van der Waals surface area contributed by atoms with Gasteiger partial charge in [0.1, 0.15) is 0 Å². The number of benzene rings is 1. The van der Waals surface area contributed by atoms with Crippen LogP contribution in [0.4, 0.5) is 13.2 Å². The lowest BCUT2D eigenvalue weighted by Gasteiger charge is -2.24. The molecule has 0 aliphatic carbocycles. The van der Waals surface area contributed by atoms with Gasteiger partial charge in [0.15, 0.2) is 6.10 Å². The molecular formula is C11H15ClF3NO. The van der Waals surface area contributed by atoms with Crippen LogP contribution in [0, 0.1) is 13.8 Å². The number of aryl methyl sites for hydroxylation is 2. The van der Waals surface area contributed by atoms with Crippen LogP contribution >= 0.6 is 12.4 Å². The van der Waals surface area contributed by atoms with Crippen molar-refractivity contribution in [3.05, 3.63) is 34.9 Å². The number of aliphatic hydroxyl groups is 1. The highest BCUT2D eigenvalue weighted by atomic mass is 35.5. The lowest BCUT2D eigenvalue weighted by Crippen LogP contribution is -2.39. The number of nitrogens with two attached hydrogens (primary N) is 1. The van der Waals surface area contributed by atoms with Crippen LogP contribution in [0.2, 0.25) is 0 Å². The van der Waals surface area contributed by atoms with Crippen molar-refractivity contribution in [2.45, 2.75) is 32.2 Å². The molecule has 0 saturated heterocycles. The quantitative estimate of drug-likeness (QED) is 0.867. The lowest BCUT2D eigenvalue weighted by molar-refractivity contribution is -0.210. The smallest absolute Gasteiger partial charge is 0.382 e. The second-order valence-electron chi connectivity index (χ2n) is 3.82. The predicted molar refractivity (Wildman–Crippen MR) is 62.2 cm³/mol. The Kier molecular flexibility index (Phi) is 5.45. The topological polar surface area (TPSA) is 46.2 Å². The second kappa shape index (κ2) is 5.71. The summed E-state index contributed by atoms with van der Waals surface area (Å²) in [6.07, 6.45) is -7.24. The van der Waals surface area contributed by atoms with Gasteiger partial charge in [-0.25, -0.2) is 0 Å². The molecule has 17 heavy (non-hydrogen) atoms. The monoisotopic (exact) mass is 269 g/mol. The summed E-state index contributed by atoms with van der Waals surface area (Å²) in [4.78, 5) is 0. The molecule has 2 atom stereocenters. The molecule has 6 heteroatoms. The molecule has 0 unspecified atom stereocenters. The van der Waals surface area contributed by atoms with E-state index in [1.54, 1.807) is 32.0 Å². The van der Waals surface area contributed by atoms with Gasteiger partial charge in [0.05, 0.1) is 6.04 Å². The van der Waals surface area contributed by atoms with Crippen LogP contribution in [-0.2, 0) is 0 Å². The minimum atomic E-state index is -4.70. The number of hydrogen-bond acceptors (Lipinski definition) is 2. The third kappa shape index (κ3) is 3.59. The van der Waals surface area contributed by atoms with Gasteiger partial charge in [0.2, 0.25) is 0 Å². The summed E-state index contributed by atoms with van der Waals surface area (Å²) in [5.74, 6) is 0. The largest absolute Gasteiger partial charge is 0.416 e. The van der Waals surface area contributed by atoms with Gasteiger partial charge >= 0.3 is 6.18 Å². The molecule has 98 valence electrons. The first kappa shape index (κ1) is 16.2. The van der Waals surface area contributed by atoms with Gasteiger partial charge < -0.3 is 10.8 Å². The molecule has 0 spiro atoms. The minimum absolute atomic E-state index is 0. The van der Waals surface area contributed by atoms with Gasteiger partial charge in [0.25, 0.3) is 0 Å². The van der Waals surface area contributed by atoms with E-state index < -0.39 is 18.3 Å². The van der Waals surface area contributed by atoms with Crippen LogP contribution in [0.1, 0.15) is 22.7 Å². The standard InChI is InChI=1S/C11H14F3NO.ClH/c1-6-4-3-5-7(2)8(6)9(15)10(16)11(12,13)14;/h3-5,9-10,16H,15H2,1-2H3;1H/t9-,10-;/m1./s1. The number of aliphatic hydroxyl groups excluding tert-OH is 1. The van der Waals surface area contributed by atoms with Gasteiger partial charge in [-0.1, -0.05) is 18.2 Å². The molecule has 0 aliphatic heterocycles. The maximum Gasteiger partial charge on any atom is 0.416 e. The highest BCUT2D eigenvalue weighted by molar-refractivity contribution is 5.85. The van der Waals surface area contributed by atoms with Crippen LogP contribution in [0.3, 0.4) is 0 Å². The zero-order valence-corrected chi connectivity index (χ0v) is 10.3. The Balaban J connectivity index is 0.00000256. The average Bonchev–Trinajstić information content (AvgIpc) is 2.14. The summed E-state index contributed by atoms with van der Waals surface area (Å²) in [5, 5.41) is 9.11. The van der Waals surface area contributed by atoms with Crippen molar-refractivity contribution >= 4 is 12.4 Å². The molecule has 1 rings (SSSR count). The number of halogens is 4. The van der Waals surface area contributed by atoms with E-state index in [2.05, 4.69) is 0 Å². The summed E-state index contributed by atoms with van der Waals surface area (Å²) in [6.45, 7) is 3.34. The molecule has 0 fully saturated rings. The zero-order chi connectivity index (χ0) is 12.5. The normalized spacial score (nSPS) is 15.0. The van der Waals surface area contributed by atoms with E-state index in [1.807, 2.05) is 0 Å². The second-order valence-corrected chi connectivity index (χ2v) is 3.82. The molecular weight excluding hydrogens is 255 g/mol. The van der Waals surface area contributed by atoms with E-state index in [1.165, 1.54) is 0 Å². The third-order valence-electron chi connectivity index (χ3n) is 2.55. The Morgan fingerprint density at radius 3 is 1.94 bits per heavy atom. The summed E-state index contributed by atoms with van der Waals surface area (Å²) in [7, 11) is 0. The van der Waals surface area contributed by atoms with Crippen molar-refractivity contribution in [3.8, 4) is 0 Å². The Hall–Kier alpha value is -0.780. The van der Waals surface area contributed by atoms with Crippen molar-refractivity contribution in [1.29, 1.82) is 0 Å². The molecule has 0 bridgehead atoms. The summed E-state index contributed by atoms with van der Waals surface area (Å²) >= 11 is 0. The first-order valence-corrected chi connectivity index (χ1v) is 4.81. The Bertz CT molecular complexity index is 361. The fourth-order valence-electron chi connectivity index (χ4n) is 1.71. The third-order valence-corrected chi connectivity index (χ3v) is 2.55. The van der Waals surface area contributed by atoms with E-state index in [4.69, 9.17) is 10.8 Å². The van der Waals surface area contributed by atoms with Crippen molar-refractivity contribution in [2.75, 3.05) is 0 Å². The van der Waals surface area contributed by atoms with Crippen LogP contribution in [-0.4, -0.2) is 17.4 Å². The number of hydrogen-bond donors (Lipinski definition) is 2. The van der Waals surface area contributed by atoms with Gasteiger partial charge in [-0.3, -0.25) is 0 Å². The summed E-state index contributed by atoms with van der Waals surface area (Å²) in [6, 6.07) is 3.64. The van der Waals surface area contributed by atoms with Crippen molar-refractivity contribution in [1.82, 2.24) is 0 Å². The number of alkyl halides is 3.